The number of ether oxygens (including phenoxy) is 1. The van der Waals surface area contributed by atoms with E-state index >= 15 is 0 Å². The van der Waals surface area contributed by atoms with Crippen molar-refractivity contribution in [1.82, 2.24) is 0 Å². The van der Waals surface area contributed by atoms with Gasteiger partial charge in [-0.25, -0.2) is 0 Å². The Labute approximate surface area is 70.8 Å². The van der Waals surface area contributed by atoms with Crippen LogP contribution in [-0.2, 0) is 11.3 Å². The minimum absolute atomic E-state index is 0.0469. The number of hydrogen-bond acceptors (Lipinski definition) is 3. The summed E-state index contributed by atoms with van der Waals surface area (Å²) in [5, 5.41) is 9.18. The van der Waals surface area contributed by atoms with E-state index in [0.717, 1.165) is 11.1 Å². The summed E-state index contributed by atoms with van der Waals surface area (Å²) in [4.78, 5) is 0. The molecule has 0 amide bonds. The fraction of sp³-hybridized carbons (Fsp3) is 0.333. The molecule has 12 heavy (non-hydrogen) atoms. The summed E-state index contributed by atoms with van der Waals surface area (Å²) in [6.45, 7) is 1.12. The minimum atomic E-state index is -0.0469. The van der Waals surface area contributed by atoms with E-state index in [0.29, 0.717) is 13.2 Å². The molecule has 1 aromatic carbocycles. The van der Waals surface area contributed by atoms with Crippen LogP contribution >= 0.6 is 0 Å². The van der Waals surface area contributed by atoms with Gasteiger partial charge in [-0.3, -0.25) is 0 Å². The third-order valence-electron chi connectivity index (χ3n) is 2.08. The highest BCUT2D eigenvalue weighted by atomic mass is 16.5. The Morgan fingerprint density at radius 3 is 3.17 bits per heavy atom. The van der Waals surface area contributed by atoms with Gasteiger partial charge in [0.1, 0.15) is 5.75 Å². The van der Waals surface area contributed by atoms with E-state index in [4.69, 9.17) is 10.5 Å². The van der Waals surface area contributed by atoms with E-state index in [1.165, 1.54) is 0 Å². The molecule has 0 saturated heterocycles. The van der Waals surface area contributed by atoms with Crippen LogP contribution in [0.25, 0.3) is 0 Å². The van der Waals surface area contributed by atoms with Gasteiger partial charge in [0.15, 0.2) is 0 Å². The maximum absolute atomic E-state index is 9.18. The first-order valence-corrected chi connectivity index (χ1v) is 3.92. The fourth-order valence-corrected chi connectivity index (χ4v) is 1.46. The zero-order valence-electron chi connectivity index (χ0n) is 6.66. The van der Waals surface area contributed by atoms with Crippen LogP contribution in [0, 0.1) is 0 Å². The highest BCUT2D eigenvalue weighted by Gasteiger charge is 2.16. The molecule has 3 nitrogen and oxygen atoms in total. The van der Waals surface area contributed by atoms with Gasteiger partial charge in [0, 0.05) is 0 Å². The lowest BCUT2D eigenvalue weighted by Crippen LogP contribution is -2.23. The monoisotopic (exact) mass is 165 g/mol. The highest BCUT2D eigenvalue weighted by Crippen LogP contribution is 2.25. The van der Waals surface area contributed by atoms with Crippen LogP contribution in [-0.4, -0.2) is 11.7 Å². The van der Waals surface area contributed by atoms with Gasteiger partial charge >= 0.3 is 0 Å². The van der Waals surface area contributed by atoms with E-state index in [1.54, 1.807) is 12.1 Å². The molecule has 1 aromatic rings. The van der Waals surface area contributed by atoms with Gasteiger partial charge in [-0.15, -0.1) is 0 Å². The second kappa shape index (κ2) is 2.77. The molecule has 3 N–H and O–H groups in total. The second-order valence-corrected chi connectivity index (χ2v) is 3.00. The first-order chi connectivity index (χ1) is 5.77. The molecular weight excluding hydrogens is 154 g/mol. The first-order valence-electron chi connectivity index (χ1n) is 3.92. The molecular formula is C9H11NO2. The van der Waals surface area contributed by atoms with Crippen molar-refractivity contribution in [3.8, 4) is 5.75 Å². The zero-order valence-corrected chi connectivity index (χ0v) is 6.66. The van der Waals surface area contributed by atoms with Gasteiger partial charge < -0.3 is 15.6 Å². The largest absolute Gasteiger partial charge is 0.508 e. The summed E-state index contributed by atoms with van der Waals surface area (Å²) >= 11 is 0. The molecule has 0 bridgehead atoms. The molecule has 0 radical (unpaired) electrons. The summed E-state index contributed by atoms with van der Waals surface area (Å²) in [6, 6.07) is 5.17. The van der Waals surface area contributed by atoms with Crippen LogP contribution < -0.4 is 5.73 Å². The van der Waals surface area contributed by atoms with Crippen LogP contribution in [0.1, 0.15) is 17.2 Å². The fourth-order valence-electron chi connectivity index (χ4n) is 1.46. The number of benzene rings is 1. The van der Waals surface area contributed by atoms with Crippen molar-refractivity contribution in [2.45, 2.75) is 12.6 Å². The smallest absolute Gasteiger partial charge is 0.115 e. The Balaban J connectivity index is 2.46. The number of rotatable bonds is 0. The van der Waals surface area contributed by atoms with Gasteiger partial charge in [0.05, 0.1) is 19.3 Å². The molecule has 3 heteroatoms. The topological polar surface area (TPSA) is 55.5 Å². The van der Waals surface area contributed by atoms with Crippen molar-refractivity contribution in [2.75, 3.05) is 6.61 Å². The van der Waals surface area contributed by atoms with Crippen molar-refractivity contribution >= 4 is 0 Å². The molecule has 64 valence electrons. The van der Waals surface area contributed by atoms with Gasteiger partial charge in [0.25, 0.3) is 0 Å². The summed E-state index contributed by atoms with van der Waals surface area (Å²) in [7, 11) is 0. The Morgan fingerprint density at radius 1 is 1.50 bits per heavy atom. The van der Waals surface area contributed by atoms with Gasteiger partial charge in [-0.2, -0.15) is 0 Å². The number of nitrogens with two attached hydrogens (primary N) is 1. The van der Waals surface area contributed by atoms with Crippen LogP contribution in [0.3, 0.4) is 0 Å². The SMILES string of the molecule is NC1COCc2cc(O)ccc21. The Kier molecular flexibility index (Phi) is 1.75. The number of phenols is 1. The predicted molar refractivity (Wildman–Crippen MR) is 44.7 cm³/mol. The lowest BCUT2D eigenvalue weighted by molar-refractivity contribution is 0.0922. The third-order valence-corrected chi connectivity index (χ3v) is 2.08. The molecule has 1 heterocycles. The first kappa shape index (κ1) is 7.58. The van der Waals surface area contributed by atoms with E-state index in [9.17, 15) is 5.11 Å². The predicted octanol–water partition coefficient (Wildman–Crippen LogP) is 0.922. The lowest BCUT2D eigenvalue weighted by Gasteiger charge is -2.22. The standard InChI is InChI=1S/C9H11NO2/c10-9-5-12-4-6-3-7(11)1-2-8(6)9/h1-3,9,11H,4-5,10H2. The third kappa shape index (κ3) is 1.17. The quantitative estimate of drug-likeness (QED) is 0.601. The highest BCUT2D eigenvalue weighted by molar-refractivity contribution is 5.37. The molecule has 1 aliphatic heterocycles. The molecule has 2 rings (SSSR count). The number of fused-ring (bicyclic) bond motifs is 1. The molecule has 0 spiro atoms. The number of aromatic hydroxyl groups is 1. The average Bonchev–Trinajstić information content (AvgIpc) is 2.04. The van der Waals surface area contributed by atoms with Crippen molar-refractivity contribution in [3.05, 3.63) is 29.3 Å². The number of hydrogen-bond donors (Lipinski definition) is 2. The molecule has 0 aliphatic carbocycles. The van der Waals surface area contributed by atoms with Gasteiger partial charge in [0.2, 0.25) is 0 Å². The summed E-state index contributed by atoms with van der Waals surface area (Å²) in [5.41, 5.74) is 7.87. The van der Waals surface area contributed by atoms with Crippen molar-refractivity contribution in [2.24, 2.45) is 5.73 Å². The maximum atomic E-state index is 9.18. The van der Waals surface area contributed by atoms with E-state index in [2.05, 4.69) is 0 Å². The van der Waals surface area contributed by atoms with Gasteiger partial charge in [-0.1, -0.05) is 6.07 Å². The summed E-state index contributed by atoms with van der Waals surface area (Å²) in [6.07, 6.45) is 0. The van der Waals surface area contributed by atoms with Crippen molar-refractivity contribution in [1.29, 1.82) is 0 Å². The van der Waals surface area contributed by atoms with Crippen LogP contribution in [0.2, 0.25) is 0 Å². The summed E-state index contributed by atoms with van der Waals surface area (Å²) < 4.78 is 5.23. The molecule has 1 aliphatic rings. The maximum Gasteiger partial charge on any atom is 0.115 e. The lowest BCUT2D eigenvalue weighted by atomic mass is 9.99. The molecule has 0 aromatic heterocycles. The Hall–Kier alpha value is -1.06. The Bertz CT molecular complexity index is 299. The molecule has 1 atom stereocenters. The van der Waals surface area contributed by atoms with Gasteiger partial charge in [-0.05, 0) is 23.3 Å². The zero-order chi connectivity index (χ0) is 8.55. The molecule has 0 fully saturated rings. The Morgan fingerprint density at radius 2 is 2.33 bits per heavy atom. The second-order valence-electron chi connectivity index (χ2n) is 3.00. The van der Waals surface area contributed by atoms with Crippen LogP contribution in [0.15, 0.2) is 18.2 Å². The summed E-state index contributed by atoms with van der Waals surface area (Å²) in [5.74, 6) is 0.270. The molecule has 0 saturated carbocycles. The van der Waals surface area contributed by atoms with E-state index < -0.39 is 0 Å². The molecule has 1 unspecified atom stereocenters. The van der Waals surface area contributed by atoms with Crippen LogP contribution in [0.5, 0.6) is 5.75 Å². The minimum Gasteiger partial charge on any atom is -0.508 e. The average molecular weight is 165 g/mol. The van der Waals surface area contributed by atoms with E-state index in [-0.39, 0.29) is 11.8 Å². The number of phenolic OH excluding ortho intramolecular Hbond substituents is 1. The van der Waals surface area contributed by atoms with Crippen molar-refractivity contribution < 1.29 is 9.84 Å². The van der Waals surface area contributed by atoms with Crippen LogP contribution in [0.4, 0.5) is 0 Å². The normalized spacial score (nSPS) is 21.9. The van der Waals surface area contributed by atoms with E-state index in [1.807, 2.05) is 6.07 Å². The van der Waals surface area contributed by atoms with Crippen molar-refractivity contribution in [3.63, 3.8) is 0 Å².